The summed E-state index contributed by atoms with van der Waals surface area (Å²) < 4.78 is 0. The summed E-state index contributed by atoms with van der Waals surface area (Å²) >= 11 is 0. The second-order valence-electron chi connectivity index (χ2n) is 6.01. The lowest BCUT2D eigenvalue weighted by Crippen LogP contribution is -2.53. The third-order valence-electron chi connectivity index (χ3n) is 4.84. The first kappa shape index (κ1) is 16.4. The number of hydrogen-bond acceptors (Lipinski definition) is 3. The van der Waals surface area contributed by atoms with Gasteiger partial charge < -0.3 is 16.4 Å². The van der Waals surface area contributed by atoms with Gasteiger partial charge in [-0.05, 0) is 50.6 Å². The largest absolute Gasteiger partial charge is 0.349 e. The molecule has 19 heavy (non-hydrogen) atoms. The Morgan fingerprint density at radius 3 is 2.42 bits per heavy atom. The fraction of sp³-hybridized carbons (Fsp3) is 0.933. The molecule has 0 bridgehead atoms. The number of carbonyl (C=O) groups is 1. The maximum absolute atomic E-state index is 12.2. The molecule has 4 nitrogen and oxygen atoms in total. The molecular weight excluding hydrogens is 238 g/mol. The SMILES string of the molecule is CCC(CC)(CN)NC(=O)CC(C)C1CCNCC1. The summed E-state index contributed by atoms with van der Waals surface area (Å²) in [5.41, 5.74) is 5.62. The van der Waals surface area contributed by atoms with Gasteiger partial charge in [0.15, 0.2) is 0 Å². The molecule has 0 saturated carbocycles. The molecule has 0 aliphatic carbocycles. The van der Waals surface area contributed by atoms with Gasteiger partial charge in [-0.2, -0.15) is 0 Å². The van der Waals surface area contributed by atoms with Crippen molar-refractivity contribution in [1.29, 1.82) is 0 Å². The minimum Gasteiger partial charge on any atom is -0.349 e. The molecule has 0 aromatic rings. The average molecular weight is 269 g/mol. The smallest absolute Gasteiger partial charge is 0.220 e. The lowest BCUT2D eigenvalue weighted by atomic mass is 9.83. The van der Waals surface area contributed by atoms with Gasteiger partial charge >= 0.3 is 0 Å². The van der Waals surface area contributed by atoms with E-state index in [0.717, 1.165) is 25.9 Å². The molecule has 0 aromatic carbocycles. The Kier molecular flexibility index (Phi) is 6.80. The third kappa shape index (κ3) is 4.77. The van der Waals surface area contributed by atoms with Gasteiger partial charge in [0, 0.05) is 13.0 Å². The fourth-order valence-corrected chi connectivity index (χ4v) is 2.99. The third-order valence-corrected chi connectivity index (χ3v) is 4.84. The van der Waals surface area contributed by atoms with Gasteiger partial charge in [0.05, 0.1) is 5.54 Å². The lowest BCUT2D eigenvalue weighted by molar-refractivity contribution is -0.124. The number of rotatable bonds is 7. The maximum atomic E-state index is 12.2. The van der Waals surface area contributed by atoms with E-state index < -0.39 is 0 Å². The van der Waals surface area contributed by atoms with E-state index in [1.807, 2.05) is 0 Å². The Bertz CT molecular complexity index is 262. The first-order chi connectivity index (χ1) is 9.06. The molecule has 4 N–H and O–H groups in total. The van der Waals surface area contributed by atoms with Crippen molar-refractivity contribution in [3.8, 4) is 0 Å². The summed E-state index contributed by atoms with van der Waals surface area (Å²) in [6.07, 6.45) is 4.81. The number of amides is 1. The van der Waals surface area contributed by atoms with Crippen LogP contribution in [0.1, 0.15) is 52.9 Å². The summed E-state index contributed by atoms with van der Waals surface area (Å²) in [5, 5.41) is 6.54. The first-order valence-electron chi connectivity index (χ1n) is 7.78. The van der Waals surface area contributed by atoms with Crippen LogP contribution in [0.2, 0.25) is 0 Å². The number of hydrogen-bond donors (Lipinski definition) is 3. The van der Waals surface area contributed by atoms with E-state index in [2.05, 4.69) is 31.4 Å². The number of piperidine rings is 1. The maximum Gasteiger partial charge on any atom is 0.220 e. The van der Waals surface area contributed by atoms with E-state index in [-0.39, 0.29) is 11.4 Å². The zero-order valence-corrected chi connectivity index (χ0v) is 12.8. The van der Waals surface area contributed by atoms with E-state index in [1.165, 1.54) is 12.8 Å². The van der Waals surface area contributed by atoms with Gasteiger partial charge in [0.1, 0.15) is 0 Å². The molecule has 0 radical (unpaired) electrons. The topological polar surface area (TPSA) is 67.1 Å². The molecule has 4 heteroatoms. The van der Waals surface area contributed by atoms with Crippen molar-refractivity contribution >= 4 is 5.91 Å². The Morgan fingerprint density at radius 1 is 1.37 bits per heavy atom. The van der Waals surface area contributed by atoms with Gasteiger partial charge in [0.2, 0.25) is 5.91 Å². The molecule has 0 spiro atoms. The van der Waals surface area contributed by atoms with Crippen molar-refractivity contribution in [3.63, 3.8) is 0 Å². The lowest BCUT2D eigenvalue weighted by Gasteiger charge is -2.33. The van der Waals surface area contributed by atoms with Crippen LogP contribution in [0.3, 0.4) is 0 Å². The predicted molar refractivity (Wildman–Crippen MR) is 79.9 cm³/mol. The summed E-state index contributed by atoms with van der Waals surface area (Å²) in [6, 6.07) is 0. The van der Waals surface area contributed by atoms with Crippen molar-refractivity contribution in [2.75, 3.05) is 19.6 Å². The van der Waals surface area contributed by atoms with Crippen LogP contribution < -0.4 is 16.4 Å². The van der Waals surface area contributed by atoms with Crippen LogP contribution in [-0.4, -0.2) is 31.1 Å². The van der Waals surface area contributed by atoms with Crippen molar-refractivity contribution in [2.45, 2.75) is 58.4 Å². The summed E-state index contributed by atoms with van der Waals surface area (Å²) in [4.78, 5) is 12.2. The molecule has 1 unspecified atom stereocenters. The van der Waals surface area contributed by atoms with Crippen LogP contribution in [0.4, 0.5) is 0 Å². The first-order valence-corrected chi connectivity index (χ1v) is 7.78. The monoisotopic (exact) mass is 269 g/mol. The predicted octanol–water partition coefficient (Wildman–Crippen LogP) is 1.65. The molecule has 1 aliphatic heterocycles. The highest BCUT2D eigenvalue weighted by molar-refractivity contribution is 5.77. The molecule has 1 fully saturated rings. The highest BCUT2D eigenvalue weighted by Gasteiger charge is 2.28. The molecule has 1 atom stereocenters. The Morgan fingerprint density at radius 2 is 1.95 bits per heavy atom. The van der Waals surface area contributed by atoms with Gasteiger partial charge in [-0.25, -0.2) is 0 Å². The Hall–Kier alpha value is -0.610. The summed E-state index contributed by atoms with van der Waals surface area (Å²) in [6.45, 7) is 9.09. The van der Waals surface area contributed by atoms with Crippen LogP contribution in [-0.2, 0) is 4.79 Å². The zero-order chi connectivity index (χ0) is 14.3. The number of nitrogens with one attached hydrogen (secondary N) is 2. The van der Waals surface area contributed by atoms with E-state index in [4.69, 9.17) is 5.73 Å². The number of nitrogens with two attached hydrogens (primary N) is 1. The second kappa shape index (κ2) is 7.85. The Balaban J connectivity index is 2.44. The molecule has 1 amide bonds. The summed E-state index contributed by atoms with van der Waals surface area (Å²) in [5.74, 6) is 1.31. The second-order valence-corrected chi connectivity index (χ2v) is 6.01. The van der Waals surface area contributed by atoms with Gasteiger partial charge in [-0.1, -0.05) is 20.8 Å². The molecule has 1 aliphatic rings. The van der Waals surface area contributed by atoms with E-state index >= 15 is 0 Å². The van der Waals surface area contributed by atoms with Gasteiger partial charge in [-0.3, -0.25) is 4.79 Å². The molecule has 1 rings (SSSR count). The van der Waals surface area contributed by atoms with Crippen molar-refractivity contribution in [3.05, 3.63) is 0 Å². The fourth-order valence-electron chi connectivity index (χ4n) is 2.99. The molecule has 1 saturated heterocycles. The van der Waals surface area contributed by atoms with Gasteiger partial charge in [0.25, 0.3) is 0 Å². The van der Waals surface area contributed by atoms with Crippen LogP contribution in [0.25, 0.3) is 0 Å². The van der Waals surface area contributed by atoms with Gasteiger partial charge in [-0.15, -0.1) is 0 Å². The Labute approximate surface area is 117 Å². The standard InChI is InChI=1S/C15H31N3O/c1-4-15(5-2,11-16)18-14(19)10-12(3)13-6-8-17-9-7-13/h12-13,17H,4-11,16H2,1-3H3,(H,18,19). The minimum absolute atomic E-state index is 0.167. The molecule has 112 valence electrons. The van der Waals surface area contributed by atoms with Crippen molar-refractivity contribution in [1.82, 2.24) is 10.6 Å². The van der Waals surface area contributed by atoms with Crippen molar-refractivity contribution < 1.29 is 4.79 Å². The average Bonchev–Trinajstić information content (AvgIpc) is 2.46. The molecule has 0 aromatic heterocycles. The van der Waals surface area contributed by atoms with Crippen LogP contribution in [0, 0.1) is 11.8 Å². The van der Waals surface area contributed by atoms with E-state index in [0.29, 0.717) is 24.8 Å². The molecular formula is C15H31N3O. The highest BCUT2D eigenvalue weighted by Crippen LogP contribution is 2.24. The normalized spacial score (nSPS) is 19.2. The zero-order valence-electron chi connectivity index (χ0n) is 12.8. The quantitative estimate of drug-likeness (QED) is 0.658. The molecule has 1 heterocycles. The number of carbonyl (C=O) groups excluding carboxylic acids is 1. The minimum atomic E-state index is -0.203. The van der Waals surface area contributed by atoms with Crippen LogP contribution >= 0.6 is 0 Å². The van der Waals surface area contributed by atoms with E-state index in [9.17, 15) is 4.79 Å². The summed E-state index contributed by atoms with van der Waals surface area (Å²) in [7, 11) is 0. The highest BCUT2D eigenvalue weighted by atomic mass is 16.1. The van der Waals surface area contributed by atoms with Crippen LogP contribution in [0.5, 0.6) is 0 Å². The van der Waals surface area contributed by atoms with Crippen LogP contribution in [0.15, 0.2) is 0 Å². The van der Waals surface area contributed by atoms with Crippen molar-refractivity contribution in [2.24, 2.45) is 17.6 Å². The van der Waals surface area contributed by atoms with E-state index in [1.54, 1.807) is 0 Å².